The molecule has 0 saturated heterocycles. The number of nitrogens with two attached hydrogens (primary N) is 1. The molecule has 1 aliphatic carbocycles. The Balaban J connectivity index is 1.53. The van der Waals surface area contributed by atoms with Gasteiger partial charge >= 0.3 is 6.61 Å². The molecule has 0 amide bonds. The molecule has 4 rings (SSSR count). The molecular weight excluding hydrogens is 338 g/mol. The highest BCUT2D eigenvalue weighted by atomic mass is 19.3. The molecule has 2 atom stereocenters. The molecule has 0 radical (unpaired) electrons. The van der Waals surface area contributed by atoms with E-state index in [1.54, 1.807) is 10.9 Å². The van der Waals surface area contributed by atoms with Gasteiger partial charge in [0.1, 0.15) is 11.2 Å². The topological polar surface area (TPSA) is 140 Å². The van der Waals surface area contributed by atoms with Crippen LogP contribution in [0.1, 0.15) is 6.42 Å². The van der Waals surface area contributed by atoms with Crippen LogP contribution >= 0.6 is 0 Å². The van der Waals surface area contributed by atoms with Crippen molar-refractivity contribution in [1.82, 2.24) is 29.9 Å². The molecule has 0 aromatic carbocycles. The normalized spacial score (nSPS) is 22.5. The first kappa shape index (κ1) is 15.7. The fourth-order valence-corrected chi connectivity index (χ4v) is 2.47. The summed E-state index contributed by atoms with van der Waals surface area (Å²) in [5, 5.41) is 22.8. The third-order valence-corrected chi connectivity index (χ3v) is 3.89. The van der Waals surface area contributed by atoms with E-state index in [4.69, 9.17) is 5.73 Å². The number of anilines is 2. The number of aromatic amines is 1. The first-order chi connectivity index (χ1) is 11.9. The van der Waals surface area contributed by atoms with Crippen molar-refractivity contribution in [2.75, 3.05) is 5.32 Å². The van der Waals surface area contributed by atoms with Gasteiger partial charge in [0.2, 0.25) is 5.88 Å². The lowest BCUT2D eigenvalue weighted by Gasteiger charge is -2.05. The van der Waals surface area contributed by atoms with Crippen LogP contribution in [0.25, 0.3) is 11.2 Å². The van der Waals surface area contributed by atoms with Gasteiger partial charge in [0.15, 0.2) is 17.3 Å². The van der Waals surface area contributed by atoms with Gasteiger partial charge in [-0.05, 0) is 6.42 Å². The van der Waals surface area contributed by atoms with Crippen LogP contribution in [0.5, 0.6) is 5.88 Å². The molecule has 0 bridgehead atoms. The molecule has 1 aliphatic rings. The zero-order valence-corrected chi connectivity index (χ0v) is 12.7. The predicted octanol–water partition coefficient (Wildman–Crippen LogP) is 0.562. The highest BCUT2D eigenvalue weighted by molar-refractivity contribution is 5.71. The van der Waals surface area contributed by atoms with Crippen LogP contribution in [0.15, 0.2) is 18.5 Å². The Morgan fingerprint density at radius 1 is 1.48 bits per heavy atom. The fraction of sp³-hybridized carbons (Fsp3) is 0.385. The van der Waals surface area contributed by atoms with E-state index in [1.165, 1.54) is 12.3 Å². The number of fused-ring (bicyclic) bond motifs is 1. The summed E-state index contributed by atoms with van der Waals surface area (Å²) in [5.74, 6) is 0.332. The van der Waals surface area contributed by atoms with Crippen LogP contribution < -0.4 is 15.8 Å². The molecule has 132 valence electrons. The van der Waals surface area contributed by atoms with Gasteiger partial charge in [-0.15, -0.1) is 0 Å². The Labute approximate surface area is 139 Å². The van der Waals surface area contributed by atoms with Crippen LogP contribution in [-0.2, 0) is 6.54 Å². The smallest absolute Gasteiger partial charge is 0.388 e. The third kappa shape index (κ3) is 3.21. The summed E-state index contributed by atoms with van der Waals surface area (Å²) in [6.07, 6.45) is 3.53. The number of H-pyrrole nitrogens is 1. The molecular formula is C13H14F2N8O2. The Morgan fingerprint density at radius 2 is 2.28 bits per heavy atom. The van der Waals surface area contributed by atoms with Crippen LogP contribution in [0.2, 0.25) is 0 Å². The van der Waals surface area contributed by atoms with Crippen LogP contribution in [-0.4, -0.2) is 47.4 Å². The number of hydrogen-bond acceptors (Lipinski definition) is 8. The van der Waals surface area contributed by atoms with Crippen molar-refractivity contribution in [2.24, 2.45) is 11.7 Å². The molecule has 12 heteroatoms. The molecule has 1 fully saturated rings. The summed E-state index contributed by atoms with van der Waals surface area (Å²) in [7, 11) is 0. The number of aromatic nitrogens is 6. The maximum atomic E-state index is 12.2. The lowest BCUT2D eigenvalue weighted by atomic mass is 10.4. The molecule has 25 heavy (non-hydrogen) atoms. The summed E-state index contributed by atoms with van der Waals surface area (Å²) in [6.45, 7) is -2.52. The lowest BCUT2D eigenvalue weighted by Crippen LogP contribution is -2.25. The van der Waals surface area contributed by atoms with Crippen molar-refractivity contribution < 1.29 is 18.6 Å². The Hall–Kier alpha value is -2.86. The highest BCUT2D eigenvalue weighted by Crippen LogP contribution is 2.39. The third-order valence-electron chi connectivity index (χ3n) is 3.89. The summed E-state index contributed by atoms with van der Waals surface area (Å²) < 4.78 is 30.1. The summed E-state index contributed by atoms with van der Waals surface area (Å²) in [5.41, 5.74) is 5.56. The zero-order valence-electron chi connectivity index (χ0n) is 12.7. The van der Waals surface area contributed by atoms with Gasteiger partial charge in [0, 0.05) is 12.0 Å². The number of alkyl halides is 2. The van der Waals surface area contributed by atoms with Gasteiger partial charge in [-0.1, -0.05) is 0 Å². The number of ether oxygens (including phenoxy) is 1. The minimum atomic E-state index is -2.94. The second-order valence-electron chi connectivity index (χ2n) is 5.80. The Kier molecular flexibility index (Phi) is 3.51. The molecule has 1 saturated carbocycles. The van der Waals surface area contributed by atoms with E-state index in [1.807, 2.05) is 0 Å². The van der Waals surface area contributed by atoms with Crippen LogP contribution in [0.4, 0.5) is 20.4 Å². The van der Waals surface area contributed by atoms with E-state index in [9.17, 15) is 13.9 Å². The minimum Gasteiger partial charge on any atom is -0.417 e. The first-order valence-electron chi connectivity index (χ1n) is 7.38. The molecule has 0 aliphatic heterocycles. The van der Waals surface area contributed by atoms with Crippen molar-refractivity contribution in [3.63, 3.8) is 0 Å². The second-order valence-corrected chi connectivity index (χ2v) is 5.80. The Bertz CT molecular complexity index is 908. The molecule has 5 N–H and O–H groups in total. The highest BCUT2D eigenvalue weighted by Gasteiger charge is 2.50. The quantitative estimate of drug-likeness (QED) is 0.472. The summed E-state index contributed by atoms with van der Waals surface area (Å²) >= 11 is 0. The monoisotopic (exact) mass is 352 g/mol. The fourth-order valence-electron chi connectivity index (χ4n) is 2.47. The summed E-state index contributed by atoms with van der Waals surface area (Å²) in [4.78, 5) is 8.62. The second kappa shape index (κ2) is 5.60. The van der Waals surface area contributed by atoms with Gasteiger partial charge in [-0.2, -0.15) is 19.0 Å². The van der Waals surface area contributed by atoms with E-state index in [-0.39, 0.29) is 17.6 Å². The lowest BCUT2D eigenvalue weighted by molar-refractivity contribution is -0.0528. The van der Waals surface area contributed by atoms with Gasteiger partial charge < -0.3 is 20.9 Å². The maximum Gasteiger partial charge on any atom is 0.388 e. The van der Waals surface area contributed by atoms with Gasteiger partial charge in [-0.3, -0.25) is 0 Å². The van der Waals surface area contributed by atoms with Gasteiger partial charge in [-0.25, -0.2) is 19.7 Å². The SMILES string of the molecule is N[C@]1(O)C[C@@H]1Cn1ncc2ncc(Nc3cc(OC(F)F)[nH]n3)nc21. The van der Waals surface area contributed by atoms with E-state index in [0.29, 0.717) is 29.9 Å². The van der Waals surface area contributed by atoms with Crippen LogP contribution in [0.3, 0.4) is 0 Å². The predicted molar refractivity (Wildman–Crippen MR) is 81.1 cm³/mol. The first-order valence-corrected chi connectivity index (χ1v) is 7.38. The number of aliphatic hydroxyl groups is 1. The standard InChI is InChI=1S/C13H14F2N8O2/c14-12(15)25-10-1-8(21-22-10)19-9-4-17-7-3-18-23(11(7)20-9)5-6-2-13(6,16)24/h1,3-4,6,12,24H,2,5,16H2,(H2,19,20,21,22)/t6-,13+/m1/s1. The molecule has 3 aromatic heterocycles. The number of hydrogen-bond donors (Lipinski definition) is 4. The van der Waals surface area contributed by atoms with Crippen molar-refractivity contribution in [3.05, 3.63) is 18.5 Å². The maximum absolute atomic E-state index is 12.2. The van der Waals surface area contributed by atoms with E-state index >= 15 is 0 Å². The van der Waals surface area contributed by atoms with Gasteiger partial charge in [0.25, 0.3) is 0 Å². The number of halogens is 2. The summed E-state index contributed by atoms with van der Waals surface area (Å²) in [6, 6.07) is 1.27. The Morgan fingerprint density at radius 3 is 3.00 bits per heavy atom. The number of nitrogens with one attached hydrogen (secondary N) is 2. The van der Waals surface area contributed by atoms with Gasteiger partial charge in [0.05, 0.1) is 18.9 Å². The van der Waals surface area contributed by atoms with Crippen molar-refractivity contribution in [3.8, 4) is 5.88 Å². The van der Waals surface area contributed by atoms with E-state index in [2.05, 4.69) is 35.3 Å². The van der Waals surface area contributed by atoms with Crippen molar-refractivity contribution >= 4 is 22.8 Å². The molecule has 10 nitrogen and oxygen atoms in total. The molecule has 3 aromatic rings. The average Bonchev–Trinajstić information content (AvgIpc) is 2.90. The minimum absolute atomic E-state index is 0.0885. The molecule has 0 spiro atoms. The molecule has 3 heterocycles. The van der Waals surface area contributed by atoms with Crippen molar-refractivity contribution in [2.45, 2.75) is 25.3 Å². The van der Waals surface area contributed by atoms with Crippen molar-refractivity contribution in [1.29, 1.82) is 0 Å². The largest absolute Gasteiger partial charge is 0.417 e. The molecule has 0 unspecified atom stereocenters. The number of rotatable bonds is 6. The zero-order chi connectivity index (χ0) is 17.6. The van der Waals surface area contributed by atoms with Crippen LogP contribution in [0, 0.1) is 5.92 Å². The van der Waals surface area contributed by atoms with E-state index < -0.39 is 12.3 Å². The number of nitrogens with zero attached hydrogens (tertiary/aromatic N) is 5. The van der Waals surface area contributed by atoms with E-state index in [0.717, 1.165) is 0 Å². The average molecular weight is 352 g/mol.